The molecule has 0 saturated heterocycles. The Morgan fingerprint density at radius 2 is 1.89 bits per heavy atom. The minimum absolute atomic E-state index is 0. The van der Waals surface area contributed by atoms with Crippen LogP contribution < -0.4 is 0 Å². The van der Waals surface area contributed by atoms with E-state index in [1.54, 1.807) is 9.77 Å². The van der Waals surface area contributed by atoms with E-state index in [1.165, 1.54) is 50.9 Å². The molecule has 1 nitrogen and oxygen atoms in total. The molecule has 0 amide bonds. The fourth-order valence-corrected chi connectivity index (χ4v) is 4.83. The highest BCUT2D eigenvalue weighted by molar-refractivity contribution is 8.01. The second kappa shape index (κ2) is 9.28. The zero-order valence-corrected chi connectivity index (χ0v) is 14.5. The summed E-state index contributed by atoms with van der Waals surface area (Å²) in [5.41, 5.74) is 1.60. The van der Waals surface area contributed by atoms with E-state index in [0.717, 1.165) is 6.04 Å². The van der Waals surface area contributed by atoms with Crippen LogP contribution in [0.1, 0.15) is 45.1 Å². The highest BCUT2D eigenvalue weighted by Crippen LogP contribution is 2.36. The molecule has 1 aliphatic rings. The maximum atomic E-state index is 2.75. The third-order valence-corrected chi connectivity index (χ3v) is 6.15. The lowest BCUT2D eigenvalue weighted by Crippen LogP contribution is -2.41. The van der Waals surface area contributed by atoms with E-state index in [-0.39, 0.29) is 12.4 Å². The molecule has 1 aromatic rings. The Bertz CT molecular complexity index is 346. The summed E-state index contributed by atoms with van der Waals surface area (Å²) in [4.78, 5) is 2.75. The molecular formula is C15H26ClNS2. The Balaban J connectivity index is 0.00000180. The van der Waals surface area contributed by atoms with Crippen LogP contribution in [0.5, 0.6) is 0 Å². The minimum Gasteiger partial charge on any atom is -0.299 e. The van der Waals surface area contributed by atoms with E-state index < -0.39 is 0 Å². The maximum Gasteiger partial charge on any atom is 0.0631 e. The fourth-order valence-electron chi connectivity index (χ4n) is 2.52. The van der Waals surface area contributed by atoms with Gasteiger partial charge >= 0.3 is 0 Å². The summed E-state index contributed by atoms with van der Waals surface area (Å²) in [7, 11) is 0. The summed E-state index contributed by atoms with van der Waals surface area (Å²) in [6.07, 6.45) is 6.60. The van der Waals surface area contributed by atoms with Crippen LogP contribution in [-0.2, 0) is 6.42 Å². The summed E-state index contributed by atoms with van der Waals surface area (Å²) in [5, 5.41) is 2.25. The van der Waals surface area contributed by atoms with Gasteiger partial charge in [0.2, 0.25) is 0 Å². The van der Waals surface area contributed by atoms with Crippen molar-refractivity contribution in [2.45, 2.75) is 56.2 Å². The van der Waals surface area contributed by atoms with Gasteiger partial charge in [-0.15, -0.1) is 35.5 Å². The molecule has 0 radical (unpaired) electrons. The van der Waals surface area contributed by atoms with Gasteiger partial charge in [-0.1, -0.05) is 26.7 Å². The van der Waals surface area contributed by atoms with Gasteiger partial charge in [0.05, 0.1) is 4.21 Å². The van der Waals surface area contributed by atoms with Crippen LogP contribution >= 0.6 is 35.5 Å². The van der Waals surface area contributed by atoms with Crippen LogP contribution in [0.4, 0.5) is 0 Å². The number of rotatable bonds is 7. The molecule has 110 valence electrons. The molecule has 1 aromatic heterocycles. The topological polar surface area (TPSA) is 3.24 Å². The van der Waals surface area contributed by atoms with Crippen LogP contribution in [0, 0.1) is 0 Å². The molecule has 4 heteroatoms. The lowest BCUT2D eigenvalue weighted by molar-refractivity contribution is 0.203. The van der Waals surface area contributed by atoms with E-state index in [0.29, 0.717) is 0 Å². The number of halogens is 1. The lowest BCUT2D eigenvalue weighted by atomic mass is 10.1. The molecule has 0 bridgehead atoms. The smallest absolute Gasteiger partial charge is 0.0631 e. The first-order valence-corrected chi connectivity index (χ1v) is 9.14. The first kappa shape index (κ1) is 17.4. The average molecular weight is 320 g/mol. The van der Waals surface area contributed by atoms with Crippen LogP contribution in [-0.4, -0.2) is 29.8 Å². The molecule has 0 fully saturated rings. The summed E-state index contributed by atoms with van der Waals surface area (Å²) in [6, 6.07) is 3.10. The van der Waals surface area contributed by atoms with Crippen LogP contribution in [0.15, 0.2) is 15.7 Å². The maximum absolute atomic E-state index is 2.75. The standard InChI is InChI=1S/C15H25NS2.ClH/c1-3-5-8-16(9-6-4-2)14-11-13-7-10-17-15(13)18-12-14;/h7,10,14H,3-6,8-9,11-12H2,1-2H3;1H. The van der Waals surface area contributed by atoms with Crippen molar-refractivity contribution in [1.29, 1.82) is 0 Å². The van der Waals surface area contributed by atoms with Gasteiger partial charge in [-0.25, -0.2) is 0 Å². The van der Waals surface area contributed by atoms with E-state index in [4.69, 9.17) is 0 Å². The molecule has 19 heavy (non-hydrogen) atoms. The van der Waals surface area contributed by atoms with Crippen molar-refractivity contribution >= 4 is 35.5 Å². The van der Waals surface area contributed by atoms with Crippen molar-refractivity contribution in [2.24, 2.45) is 0 Å². The molecular weight excluding hydrogens is 294 g/mol. The highest BCUT2D eigenvalue weighted by atomic mass is 35.5. The predicted octanol–water partition coefficient (Wildman–Crippen LogP) is 5.09. The molecule has 0 aromatic carbocycles. The summed E-state index contributed by atoms with van der Waals surface area (Å²) in [6.45, 7) is 7.18. The third-order valence-electron chi connectivity index (χ3n) is 3.68. The van der Waals surface area contributed by atoms with Crippen LogP contribution in [0.25, 0.3) is 0 Å². The monoisotopic (exact) mass is 319 g/mol. The lowest BCUT2D eigenvalue weighted by Gasteiger charge is -2.34. The number of thiophene rings is 1. The molecule has 0 N–H and O–H groups in total. The van der Waals surface area contributed by atoms with Crippen molar-refractivity contribution in [1.82, 2.24) is 4.90 Å². The second-order valence-corrected chi connectivity index (χ2v) is 7.35. The van der Waals surface area contributed by atoms with Crippen molar-refractivity contribution in [3.8, 4) is 0 Å². The zero-order valence-electron chi connectivity index (χ0n) is 12.1. The number of hydrogen-bond acceptors (Lipinski definition) is 3. The normalized spacial score (nSPS) is 18.2. The van der Waals surface area contributed by atoms with Crippen LogP contribution in [0.3, 0.4) is 0 Å². The Morgan fingerprint density at radius 3 is 2.53 bits per heavy atom. The molecule has 1 unspecified atom stereocenters. The van der Waals surface area contributed by atoms with E-state index >= 15 is 0 Å². The van der Waals surface area contributed by atoms with Crippen molar-refractivity contribution in [3.63, 3.8) is 0 Å². The molecule has 0 aliphatic carbocycles. The summed E-state index contributed by atoms with van der Waals surface area (Å²) < 4.78 is 1.57. The van der Waals surface area contributed by atoms with Gasteiger partial charge in [-0.05, 0) is 49.4 Å². The van der Waals surface area contributed by atoms with Gasteiger partial charge in [0.15, 0.2) is 0 Å². The number of thioether (sulfide) groups is 1. The zero-order chi connectivity index (χ0) is 12.8. The Hall–Kier alpha value is 0.300. The first-order chi connectivity index (χ1) is 8.85. The highest BCUT2D eigenvalue weighted by Gasteiger charge is 2.24. The largest absolute Gasteiger partial charge is 0.299 e. The SMILES string of the molecule is CCCCN(CCCC)C1CSc2sccc2C1.Cl. The molecule has 0 spiro atoms. The van der Waals surface area contributed by atoms with Crippen LogP contribution in [0.2, 0.25) is 0 Å². The van der Waals surface area contributed by atoms with Gasteiger partial charge in [-0.3, -0.25) is 4.90 Å². The average Bonchev–Trinajstić information content (AvgIpc) is 2.86. The predicted molar refractivity (Wildman–Crippen MR) is 91.2 cm³/mol. The van der Waals surface area contributed by atoms with Gasteiger partial charge in [-0.2, -0.15) is 0 Å². The van der Waals surface area contributed by atoms with Gasteiger partial charge < -0.3 is 0 Å². The van der Waals surface area contributed by atoms with Gasteiger partial charge in [0.1, 0.15) is 0 Å². The molecule has 1 aliphatic heterocycles. The quantitative estimate of drug-likeness (QED) is 0.688. The molecule has 2 heterocycles. The van der Waals surface area contributed by atoms with Crippen molar-refractivity contribution in [3.05, 3.63) is 17.0 Å². The Labute approximate surface area is 132 Å². The Morgan fingerprint density at radius 1 is 1.21 bits per heavy atom. The molecule has 0 saturated carbocycles. The fraction of sp³-hybridized carbons (Fsp3) is 0.733. The van der Waals surface area contributed by atoms with E-state index in [9.17, 15) is 0 Å². The minimum atomic E-state index is 0. The van der Waals surface area contributed by atoms with Crippen molar-refractivity contribution in [2.75, 3.05) is 18.8 Å². The van der Waals surface area contributed by atoms with E-state index in [2.05, 4.69) is 42.0 Å². The number of nitrogens with zero attached hydrogens (tertiary/aromatic N) is 1. The first-order valence-electron chi connectivity index (χ1n) is 7.28. The van der Waals surface area contributed by atoms with Gasteiger partial charge in [0.25, 0.3) is 0 Å². The number of fused-ring (bicyclic) bond motifs is 1. The Kier molecular flexibility index (Phi) is 8.47. The molecule has 2 rings (SSSR count). The number of hydrogen-bond donors (Lipinski definition) is 0. The van der Waals surface area contributed by atoms with E-state index in [1.807, 2.05) is 11.3 Å². The van der Waals surface area contributed by atoms with Crippen molar-refractivity contribution < 1.29 is 0 Å². The third kappa shape index (κ3) is 4.96. The summed E-state index contributed by atoms with van der Waals surface area (Å²) >= 11 is 3.99. The van der Waals surface area contributed by atoms with Gasteiger partial charge in [0, 0.05) is 11.8 Å². The molecule has 1 atom stereocenters. The second-order valence-electron chi connectivity index (χ2n) is 5.15. The number of unbranched alkanes of at least 4 members (excludes halogenated alkanes) is 2. The summed E-state index contributed by atoms with van der Waals surface area (Å²) in [5.74, 6) is 1.29.